The number of aliphatic hydroxyl groups excluding tert-OH is 1. The van der Waals surface area contributed by atoms with Crippen LogP contribution in [-0.4, -0.2) is 23.7 Å². The van der Waals surface area contributed by atoms with Gasteiger partial charge in [0, 0.05) is 6.42 Å². The molecular weight excluding hydrogens is 639 g/mol. The van der Waals surface area contributed by atoms with Gasteiger partial charge < -0.3 is 20.7 Å². The molecule has 1 atom stereocenters. The lowest BCUT2D eigenvalue weighted by Crippen LogP contribution is -2.32. The highest BCUT2D eigenvalue weighted by Crippen LogP contribution is 2.41. The number of carboxylic acid groups (broad SMARTS) is 1. The maximum absolute atomic E-state index is 10.8. The van der Waals surface area contributed by atoms with Crippen molar-refractivity contribution in [2.75, 3.05) is 0 Å². The van der Waals surface area contributed by atoms with Crippen molar-refractivity contribution >= 4 is 73.7 Å². The van der Waals surface area contributed by atoms with Gasteiger partial charge in [-0.15, -0.1) is 0 Å². The van der Waals surface area contributed by atoms with Gasteiger partial charge in [-0.05, 0) is 58.9 Å². The van der Waals surface area contributed by atoms with E-state index in [9.17, 15) is 9.90 Å². The van der Waals surface area contributed by atoms with Crippen molar-refractivity contribution in [1.82, 2.24) is 0 Å². The van der Waals surface area contributed by atoms with Gasteiger partial charge in [-0.1, -0.05) is 51.2 Å². The van der Waals surface area contributed by atoms with Gasteiger partial charge >= 0.3 is 5.97 Å². The summed E-state index contributed by atoms with van der Waals surface area (Å²) in [7, 11) is 0. The number of carbonyl (C=O) groups is 1. The van der Waals surface area contributed by atoms with E-state index in [0.717, 1.165) is 14.9 Å². The molecule has 0 aliphatic heterocycles. The summed E-state index contributed by atoms with van der Waals surface area (Å²) in [5, 5.41) is 18.7. The largest absolute Gasteiger partial charge is 0.510 e. The minimum absolute atomic E-state index is 0.273. The fourth-order valence-electron chi connectivity index (χ4n) is 1.98. The average molecular weight is 653 g/mol. The SMILES string of the molecule is NC(Cc1ccc(OC2=CC(I)(I)C(O)=CC2)c(I)c1)C(=O)O. The molecule has 5 nitrogen and oxygen atoms in total. The molecule has 23 heavy (non-hydrogen) atoms. The highest BCUT2D eigenvalue weighted by Gasteiger charge is 2.29. The maximum Gasteiger partial charge on any atom is 0.320 e. The molecule has 0 fully saturated rings. The molecule has 0 saturated carbocycles. The monoisotopic (exact) mass is 653 g/mol. The van der Waals surface area contributed by atoms with E-state index in [0.29, 0.717) is 17.9 Å². The van der Waals surface area contributed by atoms with Crippen LogP contribution in [0.2, 0.25) is 0 Å². The number of rotatable bonds is 5. The maximum atomic E-state index is 10.8. The van der Waals surface area contributed by atoms with Crippen LogP contribution in [-0.2, 0) is 11.2 Å². The lowest BCUT2D eigenvalue weighted by atomic mass is 10.1. The molecule has 0 saturated heterocycles. The van der Waals surface area contributed by atoms with Gasteiger partial charge in [0.05, 0.1) is 3.57 Å². The van der Waals surface area contributed by atoms with E-state index < -0.39 is 13.4 Å². The lowest BCUT2D eigenvalue weighted by Gasteiger charge is -2.22. The van der Waals surface area contributed by atoms with Gasteiger partial charge in [0.1, 0.15) is 23.3 Å². The van der Waals surface area contributed by atoms with Crippen LogP contribution in [0.5, 0.6) is 5.75 Å². The predicted molar refractivity (Wildman–Crippen MR) is 113 cm³/mol. The zero-order valence-electron chi connectivity index (χ0n) is 11.8. The first-order valence-corrected chi connectivity index (χ1v) is 9.86. The number of hydrogen-bond acceptors (Lipinski definition) is 4. The van der Waals surface area contributed by atoms with Crippen LogP contribution in [0.25, 0.3) is 0 Å². The van der Waals surface area contributed by atoms with E-state index in [1.807, 2.05) is 24.3 Å². The summed E-state index contributed by atoms with van der Waals surface area (Å²) in [5.41, 5.74) is 6.41. The molecule has 0 radical (unpaired) electrons. The number of nitrogens with two attached hydrogens (primary N) is 1. The second-order valence-corrected chi connectivity index (χ2v) is 11.7. The summed E-state index contributed by atoms with van der Waals surface area (Å²) in [4.78, 5) is 10.8. The van der Waals surface area contributed by atoms with Crippen LogP contribution >= 0.6 is 67.8 Å². The molecular formula is C15H14I3NO4. The van der Waals surface area contributed by atoms with Crippen LogP contribution in [0.15, 0.2) is 41.9 Å². The number of aliphatic carboxylic acids is 1. The molecule has 0 amide bonds. The van der Waals surface area contributed by atoms with Gasteiger partial charge in [-0.2, -0.15) is 0 Å². The summed E-state index contributed by atoms with van der Waals surface area (Å²) in [6.45, 7) is 0. The van der Waals surface area contributed by atoms with Crippen molar-refractivity contribution in [2.24, 2.45) is 5.73 Å². The Kier molecular flexibility index (Phi) is 6.58. The minimum Gasteiger partial charge on any atom is -0.510 e. The standard InChI is InChI=1S/C15H14I3NO4/c16-10-5-8(6-11(19)14(21)22)1-3-12(10)23-9-2-4-13(20)15(17,18)7-9/h1,3-5,7,11,20H,2,6,19H2,(H,21,22). The third kappa shape index (κ3) is 5.19. The number of benzene rings is 1. The van der Waals surface area contributed by atoms with Gasteiger partial charge in [0.25, 0.3) is 0 Å². The molecule has 8 heteroatoms. The molecule has 1 aliphatic carbocycles. The Balaban J connectivity index is 2.12. The first-order valence-electron chi connectivity index (χ1n) is 6.63. The molecule has 1 aromatic carbocycles. The van der Waals surface area contributed by atoms with E-state index in [1.54, 1.807) is 6.08 Å². The van der Waals surface area contributed by atoms with Crippen molar-refractivity contribution in [3.63, 3.8) is 0 Å². The van der Waals surface area contributed by atoms with Crippen LogP contribution < -0.4 is 10.5 Å². The number of carboxylic acids is 1. The van der Waals surface area contributed by atoms with Crippen molar-refractivity contribution in [2.45, 2.75) is 20.3 Å². The Morgan fingerprint density at radius 2 is 2.13 bits per heavy atom. The summed E-state index contributed by atoms with van der Waals surface area (Å²) < 4.78 is 6.30. The summed E-state index contributed by atoms with van der Waals surface area (Å²) in [6, 6.07) is 4.59. The smallest absolute Gasteiger partial charge is 0.320 e. The zero-order valence-corrected chi connectivity index (χ0v) is 18.3. The summed E-state index contributed by atoms with van der Waals surface area (Å²) in [6.07, 6.45) is 4.42. The van der Waals surface area contributed by atoms with E-state index in [4.69, 9.17) is 15.6 Å². The molecule has 0 heterocycles. The topological polar surface area (TPSA) is 92.8 Å². The lowest BCUT2D eigenvalue weighted by molar-refractivity contribution is -0.138. The van der Waals surface area contributed by atoms with Crippen molar-refractivity contribution in [1.29, 1.82) is 0 Å². The minimum atomic E-state index is -1.01. The van der Waals surface area contributed by atoms with E-state index in [2.05, 4.69) is 67.8 Å². The number of allylic oxidation sites excluding steroid dienone is 2. The van der Waals surface area contributed by atoms with Crippen molar-refractivity contribution in [3.8, 4) is 5.75 Å². The molecule has 1 aromatic rings. The second-order valence-electron chi connectivity index (χ2n) is 5.04. The Labute approximate surface area is 174 Å². The second kappa shape index (κ2) is 7.87. The van der Waals surface area contributed by atoms with E-state index >= 15 is 0 Å². The first-order chi connectivity index (χ1) is 10.7. The first kappa shape index (κ1) is 19.2. The Morgan fingerprint density at radius 3 is 2.70 bits per heavy atom. The number of aliphatic hydroxyl groups is 1. The third-order valence-electron chi connectivity index (χ3n) is 3.19. The fourth-order valence-corrected chi connectivity index (χ4v) is 3.80. The normalized spacial score (nSPS) is 17.9. The van der Waals surface area contributed by atoms with Crippen LogP contribution in [0.3, 0.4) is 0 Å². The van der Waals surface area contributed by atoms with Gasteiger partial charge in [-0.25, -0.2) is 0 Å². The van der Waals surface area contributed by atoms with Crippen LogP contribution in [0.1, 0.15) is 12.0 Å². The fraction of sp³-hybridized carbons (Fsp3) is 0.267. The molecule has 0 aromatic heterocycles. The Morgan fingerprint density at radius 1 is 1.43 bits per heavy atom. The number of halogens is 3. The van der Waals surface area contributed by atoms with E-state index in [1.165, 1.54) is 0 Å². The molecule has 124 valence electrons. The average Bonchev–Trinajstić information content (AvgIpc) is 2.45. The molecule has 4 N–H and O–H groups in total. The van der Waals surface area contributed by atoms with Crippen molar-refractivity contribution in [3.05, 3.63) is 51.0 Å². The molecule has 1 aliphatic rings. The molecule has 2 rings (SSSR count). The third-order valence-corrected chi connectivity index (χ3v) is 5.76. The molecule has 0 bridgehead atoms. The quantitative estimate of drug-likeness (QED) is 0.332. The van der Waals surface area contributed by atoms with Crippen molar-refractivity contribution < 1.29 is 19.7 Å². The molecule has 0 spiro atoms. The number of ether oxygens (including phenoxy) is 1. The van der Waals surface area contributed by atoms with Crippen LogP contribution in [0.4, 0.5) is 0 Å². The van der Waals surface area contributed by atoms with E-state index in [-0.39, 0.29) is 6.42 Å². The number of alkyl halides is 2. The summed E-state index contributed by atoms with van der Waals surface area (Å²) in [5.74, 6) is 0.765. The Hall–Kier alpha value is -0.0800. The summed E-state index contributed by atoms with van der Waals surface area (Å²) >= 11 is 6.45. The van der Waals surface area contributed by atoms with Gasteiger partial charge in [0.15, 0.2) is 1.43 Å². The number of hydrogen-bond donors (Lipinski definition) is 3. The highest BCUT2D eigenvalue weighted by molar-refractivity contribution is 14.2. The Bertz CT molecular complexity index is 685. The predicted octanol–water partition coefficient (Wildman–Crippen LogP) is 3.92. The van der Waals surface area contributed by atoms with Gasteiger partial charge in [0.2, 0.25) is 0 Å². The zero-order chi connectivity index (χ0) is 17.2. The van der Waals surface area contributed by atoms with Crippen LogP contribution in [0, 0.1) is 3.57 Å². The highest BCUT2D eigenvalue weighted by atomic mass is 127. The molecule has 1 unspecified atom stereocenters. The van der Waals surface area contributed by atoms with Gasteiger partial charge in [-0.3, -0.25) is 4.79 Å².